The predicted molar refractivity (Wildman–Crippen MR) is 94.3 cm³/mol. The van der Waals surface area contributed by atoms with Gasteiger partial charge in [-0.2, -0.15) is 0 Å². The molecule has 1 saturated heterocycles. The summed E-state index contributed by atoms with van der Waals surface area (Å²) in [5.74, 6) is 0.206. The van der Waals surface area contributed by atoms with Crippen LogP contribution in [0.4, 0.5) is 0 Å². The third-order valence-corrected chi connectivity index (χ3v) is 4.42. The topological polar surface area (TPSA) is 40.6 Å². The molecule has 1 heterocycles. The van der Waals surface area contributed by atoms with Crippen molar-refractivity contribution in [1.29, 1.82) is 0 Å². The monoisotopic (exact) mass is 322 g/mol. The lowest BCUT2D eigenvalue weighted by molar-refractivity contribution is 0.0624. The molecule has 1 amide bonds. The molecule has 0 spiro atoms. The molecule has 1 fully saturated rings. The largest absolute Gasteiger partial charge is 0.336 e. The van der Waals surface area contributed by atoms with Gasteiger partial charge in [-0.25, -0.2) is 0 Å². The summed E-state index contributed by atoms with van der Waals surface area (Å²) in [4.78, 5) is 28.7. The summed E-state index contributed by atoms with van der Waals surface area (Å²) in [5, 5.41) is 0. The minimum atomic E-state index is 0.0732. The Bertz CT molecular complexity index is 702. The SMILES string of the molecule is Cc1ccc(C(=O)N2CCN(CC(=O)c3ccccc3)CC2)cc1. The number of piperazine rings is 1. The van der Waals surface area contributed by atoms with Gasteiger partial charge in [-0.15, -0.1) is 0 Å². The van der Waals surface area contributed by atoms with E-state index in [1.807, 2.05) is 66.4 Å². The lowest BCUT2D eigenvalue weighted by Crippen LogP contribution is -2.49. The maximum absolute atomic E-state index is 12.5. The van der Waals surface area contributed by atoms with Gasteiger partial charge in [0.2, 0.25) is 0 Å². The van der Waals surface area contributed by atoms with Gasteiger partial charge in [0.05, 0.1) is 6.54 Å². The first-order chi connectivity index (χ1) is 11.6. The Labute approximate surface area is 142 Å². The third-order valence-electron chi connectivity index (χ3n) is 4.42. The number of rotatable bonds is 4. The number of carbonyl (C=O) groups is 2. The number of hydrogen-bond donors (Lipinski definition) is 0. The molecule has 0 atom stereocenters. The van der Waals surface area contributed by atoms with Gasteiger partial charge in [0.1, 0.15) is 0 Å². The lowest BCUT2D eigenvalue weighted by Gasteiger charge is -2.34. The summed E-state index contributed by atoms with van der Waals surface area (Å²) in [6.07, 6.45) is 0. The molecule has 24 heavy (non-hydrogen) atoms. The summed E-state index contributed by atoms with van der Waals surface area (Å²) >= 11 is 0. The summed E-state index contributed by atoms with van der Waals surface area (Å²) in [6, 6.07) is 17.0. The van der Waals surface area contributed by atoms with Crippen molar-refractivity contribution in [3.8, 4) is 0 Å². The van der Waals surface area contributed by atoms with Crippen molar-refractivity contribution < 1.29 is 9.59 Å². The second-order valence-electron chi connectivity index (χ2n) is 6.22. The van der Waals surface area contributed by atoms with Crippen molar-refractivity contribution >= 4 is 11.7 Å². The summed E-state index contributed by atoms with van der Waals surface area (Å²) in [6.45, 7) is 5.21. The average molecular weight is 322 g/mol. The Balaban J connectivity index is 1.53. The first kappa shape index (κ1) is 16.4. The van der Waals surface area contributed by atoms with E-state index in [9.17, 15) is 9.59 Å². The normalized spacial score (nSPS) is 15.3. The minimum Gasteiger partial charge on any atom is -0.336 e. The van der Waals surface area contributed by atoms with E-state index < -0.39 is 0 Å². The van der Waals surface area contributed by atoms with Crippen molar-refractivity contribution in [3.63, 3.8) is 0 Å². The van der Waals surface area contributed by atoms with Gasteiger partial charge in [0.15, 0.2) is 5.78 Å². The van der Waals surface area contributed by atoms with Crippen molar-refractivity contribution in [3.05, 3.63) is 71.3 Å². The van der Waals surface area contributed by atoms with Crippen LogP contribution in [0.3, 0.4) is 0 Å². The molecular formula is C20H22N2O2. The molecule has 0 radical (unpaired) electrons. The van der Waals surface area contributed by atoms with Crippen LogP contribution in [0.15, 0.2) is 54.6 Å². The maximum Gasteiger partial charge on any atom is 0.253 e. The number of nitrogens with zero attached hydrogens (tertiary/aromatic N) is 2. The molecule has 0 N–H and O–H groups in total. The van der Waals surface area contributed by atoms with Crippen LogP contribution in [-0.2, 0) is 0 Å². The fourth-order valence-corrected chi connectivity index (χ4v) is 2.91. The fourth-order valence-electron chi connectivity index (χ4n) is 2.91. The number of benzene rings is 2. The molecule has 0 aliphatic carbocycles. The van der Waals surface area contributed by atoms with E-state index in [0.29, 0.717) is 19.6 Å². The molecular weight excluding hydrogens is 300 g/mol. The number of amides is 1. The molecule has 124 valence electrons. The van der Waals surface area contributed by atoms with Crippen LogP contribution in [-0.4, -0.2) is 54.2 Å². The smallest absolute Gasteiger partial charge is 0.253 e. The standard InChI is InChI=1S/C20H22N2O2/c1-16-7-9-18(10-8-16)20(24)22-13-11-21(12-14-22)15-19(23)17-5-3-2-4-6-17/h2-10H,11-15H2,1H3. The molecule has 0 unspecified atom stereocenters. The van der Waals surface area contributed by atoms with E-state index >= 15 is 0 Å². The molecule has 2 aromatic carbocycles. The molecule has 0 saturated carbocycles. The lowest BCUT2D eigenvalue weighted by atomic mass is 10.1. The van der Waals surface area contributed by atoms with Gasteiger partial charge in [0, 0.05) is 37.3 Å². The molecule has 1 aliphatic rings. The Hall–Kier alpha value is -2.46. The molecule has 4 heteroatoms. The number of aryl methyl sites for hydroxylation is 1. The number of ketones is 1. The van der Waals surface area contributed by atoms with Crippen molar-refractivity contribution in [1.82, 2.24) is 9.80 Å². The van der Waals surface area contributed by atoms with Crippen molar-refractivity contribution in [2.45, 2.75) is 6.92 Å². The average Bonchev–Trinajstić information content (AvgIpc) is 2.63. The molecule has 2 aromatic rings. The molecule has 0 bridgehead atoms. The van der Waals surface area contributed by atoms with E-state index in [0.717, 1.165) is 29.8 Å². The highest BCUT2D eigenvalue weighted by Crippen LogP contribution is 2.11. The van der Waals surface area contributed by atoms with Crippen LogP contribution in [0.25, 0.3) is 0 Å². The Morgan fingerprint density at radius 3 is 2.08 bits per heavy atom. The molecule has 0 aromatic heterocycles. The highest BCUT2D eigenvalue weighted by atomic mass is 16.2. The predicted octanol–water partition coefficient (Wildman–Crippen LogP) is 2.64. The van der Waals surface area contributed by atoms with Gasteiger partial charge >= 0.3 is 0 Å². The van der Waals surface area contributed by atoms with Crippen LogP contribution in [0.1, 0.15) is 26.3 Å². The van der Waals surface area contributed by atoms with Crippen LogP contribution in [0, 0.1) is 6.92 Å². The van der Waals surface area contributed by atoms with Gasteiger partial charge in [-0.3, -0.25) is 14.5 Å². The van der Waals surface area contributed by atoms with E-state index in [-0.39, 0.29) is 11.7 Å². The van der Waals surface area contributed by atoms with E-state index in [4.69, 9.17) is 0 Å². The zero-order valence-electron chi connectivity index (χ0n) is 13.9. The Morgan fingerprint density at radius 2 is 1.46 bits per heavy atom. The van der Waals surface area contributed by atoms with Gasteiger partial charge in [-0.1, -0.05) is 48.0 Å². The van der Waals surface area contributed by atoms with Crippen molar-refractivity contribution in [2.24, 2.45) is 0 Å². The highest BCUT2D eigenvalue weighted by Gasteiger charge is 2.23. The number of Topliss-reactive ketones (excluding diaryl/α,β-unsaturated/α-hetero) is 1. The first-order valence-corrected chi connectivity index (χ1v) is 8.30. The maximum atomic E-state index is 12.5. The van der Waals surface area contributed by atoms with Crippen LogP contribution >= 0.6 is 0 Å². The first-order valence-electron chi connectivity index (χ1n) is 8.30. The quantitative estimate of drug-likeness (QED) is 0.813. The van der Waals surface area contributed by atoms with Crippen LogP contribution < -0.4 is 0 Å². The second kappa shape index (κ2) is 7.41. The molecule has 4 nitrogen and oxygen atoms in total. The summed E-state index contributed by atoms with van der Waals surface area (Å²) in [7, 11) is 0. The van der Waals surface area contributed by atoms with Crippen LogP contribution in [0.2, 0.25) is 0 Å². The van der Waals surface area contributed by atoms with Crippen LogP contribution in [0.5, 0.6) is 0 Å². The molecule has 1 aliphatic heterocycles. The number of carbonyl (C=O) groups excluding carboxylic acids is 2. The molecule has 3 rings (SSSR count). The van der Waals surface area contributed by atoms with Gasteiger partial charge in [-0.05, 0) is 19.1 Å². The Kier molecular flexibility index (Phi) is 5.06. The Morgan fingerprint density at radius 1 is 0.833 bits per heavy atom. The van der Waals surface area contributed by atoms with E-state index in [1.54, 1.807) is 0 Å². The zero-order chi connectivity index (χ0) is 16.9. The van der Waals surface area contributed by atoms with Crippen molar-refractivity contribution in [2.75, 3.05) is 32.7 Å². The minimum absolute atomic E-state index is 0.0732. The second-order valence-corrected chi connectivity index (χ2v) is 6.22. The summed E-state index contributed by atoms with van der Waals surface area (Å²) in [5.41, 5.74) is 2.63. The third kappa shape index (κ3) is 3.89. The van der Waals surface area contributed by atoms with E-state index in [2.05, 4.69) is 4.90 Å². The zero-order valence-corrected chi connectivity index (χ0v) is 13.9. The van der Waals surface area contributed by atoms with E-state index in [1.165, 1.54) is 0 Å². The van der Waals surface area contributed by atoms with Gasteiger partial charge < -0.3 is 4.90 Å². The highest BCUT2D eigenvalue weighted by molar-refractivity contribution is 5.97. The number of hydrogen-bond acceptors (Lipinski definition) is 3. The van der Waals surface area contributed by atoms with Gasteiger partial charge in [0.25, 0.3) is 5.91 Å². The summed E-state index contributed by atoms with van der Waals surface area (Å²) < 4.78 is 0. The fraction of sp³-hybridized carbons (Fsp3) is 0.300.